The van der Waals surface area contributed by atoms with Gasteiger partial charge in [0.2, 0.25) is 0 Å². The molecule has 156 valence electrons. The van der Waals surface area contributed by atoms with Crippen LogP contribution in [-0.4, -0.2) is 18.4 Å². The molecule has 4 aliphatic carbocycles. The van der Waals surface area contributed by atoms with Crippen molar-refractivity contribution < 1.29 is 14.3 Å². The fraction of sp³-hybridized carbons (Fsp3) is 0.840. The predicted octanol–water partition coefficient (Wildman–Crippen LogP) is 5.72. The number of esters is 1. The second-order valence-corrected chi connectivity index (χ2v) is 10.6. The highest BCUT2D eigenvalue weighted by Crippen LogP contribution is 2.68. The van der Waals surface area contributed by atoms with Crippen LogP contribution in [0.1, 0.15) is 85.5 Å². The second-order valence-electron chi connectivity index (χ2n) is 10.6. The summed E-state index contributed by atoms with van der Waals surface area (Å²) in [5, 5.41) is 0. The molecule has 0 aromatic heterocycles. The van der Waals surface area contributed by atoms with Crippen LogP contribution in [0.3, 0.4) is 0 Å². The zero-order valence-corrected chi connectivity index (χ0v) is 18.3. The molecule has 0 aromatic carbocycles. The minimum absolute atomic E-state index is 0.152. The summed E-state index contributed by atoms with van der Waals surface area (Å²) >= 11 is 0. The highest BCUT2D eigenvalue weighted by Gasteiger charge is 2.60. The van der Waals surface area contributed by atoms with Crippen molar-refractivity contribution in [2.75, 3.05) is 6.61 Å². The average Bonchev–Trinajstić information content (AvgIpc) is 2.98. The van der Waals surface area contributed by atoms with Crippen molar-refractivity contribution in [2.45, 2.75) is 85.5 Å². The van der Waals surface area contributed by atoms with E-state index >= 15 is 0 Å². The van der Waals surface area contributed by atoms with Gasteiger partial charge in [0.05, 0.1) is 6.61 Å². The third-order valence-electron chi connectivity index (χ3n) is 9.58. The molecule has 3 fully saturated rings. The van der Waals surface area contributed by atoms with E-state index in [1.807, 2.05) is 0 Å². The molecule has 3 heteroatoms. The molecule has 3 nitrogen and oxygen atoms in total. The molecule has 28 heavy (non-hydrogen) atoms. The van der Waals surface area contributed by atoms with E-state index in [-0.39, 0.29) is 11.4 Å². The highest BCUT2D eigenvalue weighted by atomic mass is 16.5. The number of carbonyl (C=O) groups excluding carboxylic acids is 2. The van der Waals surface area contributed by atoms with Gasteiger partial charge in [-0.15, -0.1) is 0 Å². The number of hydrogen-bond acceptors (Lipinski definition) is 3. The maximum absolute atomic E-state index is 12.2. The van der Waals surface area contributed by atoms with E-state index in [1.165, 1.54) is 44.6 Å². The van der Waals surface area contributed by atoms with Gasteiger partial charge in [-0.3, -0.25) is 9.59 Å². The topological polar surface area (TPSA) is 43.4 Å². The maximum Gasteiger partial charge on any atom is 0.302 e. The standard InChI is InChI=1S/C25H38O3/c1-5-17-14-20-21-7-6-18(10-13-28-16(2)26)24(21,3)12-9-22(20)25(4)11-8-19(27)15-23(17)25/h15,17-18,20-22H,5-14H2,1-4H3/t17-,18-,20?,21?,22?,24-,25?/m1/s1. The Morgan fingerprint density at radius 1 is 1.18 bits per heavy atom. The Balaban J connectivity index is 1.58. The number of ether oxygens (including phenoxy) is 1. The quantitative estimate of drug-likeness (QED) is 0.580. The summed E-state index contributed by atoms with van der Waals surface area (Å²) in [6.45, 7) is 9.43. The summed E-state index contributed by atoms with van der Waals surface area (Å²) in [4.78, 5) is 23.4. The Kier molecular flexibility index (Phi) is 5.25. The van der Waals surface area contributed by atoms with Gasteiger partial charge in [-0.2, -0.15) is 0 Å². The first-order valence-corrected chi connectivity index (χ1v) is 11.7. The molecular formula is C25H38O3. The summed E-state index contributed by atoms with van der Waals surface area (Å²) in [7, 11) is 0. The molecule has 0 spiro atoms. The molecule has 4 unspecified atom stereocenters. The van der Waals surface area contributed by atoms with Crippen molar-refractivity contribution in [3.8, 4) is 0 Å². The van der Waals surface area contributed by atoms with Gasteiger partial charge < -0.3 is 4.74 Å². The maximum atomic E-state index is 12.2. The molecule has 0 aliphatic heterocycles. The van der Waals surface area contributed by atoms with Gasteiger partial charge in [0.1, 0.15) is 0 Å². The molecule has 0 saturated heterocycles. The monoisotopic (exact) mass is 386 g/mol. The van der Waals surface area contributed by atoms with E-state index in [4.69, 9.17) is 4.74 Å². The number of hydrogen-bond donors (Lipinski definition) is 0. The molecule has 0 aromatic rings. The Morgan fingerprint density at radius 3 is 2.68 bits per heavy atom. The normalized spacial score (nSPS) is 44.9. The van der Waals surface area contributed by atoms with Crippen LogP contribution in [0.15, 0.2) is 11.6 Å². The fourth-order valence-corrected chi connectivity index (χ4v) is 8.10. The molecule has 0 N–H and O–H groups in total. The zero-order chi connectivity index (χ0) is 20.1. The Morgan fingerprint density at radius 2 is 1.96 bits per heavy atom. The van der Waals surface area contributed by atoms with E-state index in [1.54, 1.807) is 0 Å². The molecule has 0 radical (unpaired) electrons. The van der Waals surface area contributed by atoms with Crippen LogP contribution in [0.25, 0.3) is 0 Å². The Hall–Kier alpha value is -1.12. The Bertz CT molecular complexity index is 679. The van der Waals surface area contributed by atoms with Gasteiger partial charge in [0, 0.05) is 13.3 Å². The molecule has 0 amide bonds. The summed E-state index contributed by atoms with van der Waals surface area (Å²) in [5.41, 5.74) is 2.15. The van der Waals surface area contributed by atoms with Crippen LogP contribution in [0.4, 0.5) is 0 Å². The van der Waals surface area contributed by atoms with E-state index in [0.717, 1.165) is 43.4 Å². The van der Waals surface area contributed by atoms with E-state index in [0.29, 0.717) is 29.6 Å². The zero-order valence-electron chi connectivity index (χ0n) is 18.3. The molecule has 3 saturated carbocycles. The summed E-state index contributed by atoms with van der Waals surface area (Å²) in [6, 6.07) is 0. The lowest BCUT2D eigenvalue weighted by molar-refractivity contribution is -0.141. The lowest BCUT2D eigenvalue weighted by Crippen LogP contribution is -2.52. The van der Waals surface area contributed by atoms with E-state index in [2.05, 4.69) is 26.8 Å². The predicted molar refractivity (Wildman–Crippen MR) is 111 cm³/mol. The summed E-state index contributed by atoms with van der Waals surface area (Å²) in [5.74, 6) is 3.85. The van der Waals surface area contributed by atoms with Gasteiger partial charge in [0.25, 0.3) is 0 Å². The first kappa shape index (κ1) is 20.2. The number of rotatable bonds is 4. The van der Waals surface area contributed by atoms with Crippen LogP contribution in [0.5, 0.6) is 0 Å². The van der Waals surface area contributed by atoms with Crippen molar-refractivity contribution in [2.24, 2.45) is 40.4 Å². The van der Waals surface area contributed by atoms with Crippen LogP contribution in [0.2, 0.25) is 0 Å². The van der Waals surface area contributed by atoms with Crippen molar-refractivity contribution in [3.63, 3.8) is 0 Å². The third kappa shape index (κ3) is 3.08. The molecule has 4 aliphatic rings. The van der Waals surface area contributed by atoms with Crippen molar-refractivity contribution in [1.82, 2.24) is 0 Å². The highest BCUT2D eigenvalue weighted by molar-refractivity contribution is 5.91. The van der Waals surface area contributed by atoms with Crippen molar-refractivity contribution in [1.29, 1.82) is 0 Å². The minimum Gasteiger partial charge on any atom is -0.466 e. The van der Waals surface area contributed by atoms with Crippen LogP contribution in [0, 0.1) is 40.4 Å². The first-order valence-electron chi connectivity index (χ1n) is 11.7. The average molecular weight is 387 g/mol. The molecule has 0 heterocycles. The van der Waals surface area contributed by atoms with Gasteiger partial charge in [0.15, 0.2) is 5.78 Å². The second kappa shape index (κ2) is 7.29. The Labute approximate surface area is 170 Å². The van der Waals surface area contributed by atoms with Gasteiger partial charge >= 0.3 is 5.97 Å². The van der Waals surface area contributed by atoms with Gasteiger partial charge in [-0.05, 0) is 97.9 Å². The third-order valence-corrected chi connectivity index (χ3v) is 9.58. The lowest BCUT2D eigenvalue weighted by atomic mass is 9.45. The molecular weight excluding hydrogens is 348 g/mol. The lowest BCUT2D eigenvalue weighted by Gasteiger charge is -2.60. The van der Waals surface area contributed by atoms with Gasteiger partial charge in [-0.25, -0.2) is 0 Å². The number of ketones is 1. The SMILES string of the molecule is CC[C@@H]1CC2C(CC[C@@]3(C)C2CC[C@@H]3CCOC(C)=O)C2(C)CCC(=O)C=C12. The van der Waals surface area contributed by atoms with Crippen LogP contribution in [-0.2, 0) is 14.3 Å². The minimum atomic E-state index is -0.152. The number of carbonyl (C=O) groups is 2. The summed E-state index contributed by atoms with van der Waals surface area (Å²) < 4.78 is 5.29. The first-order chi connectivity index (χ1) is 13.3. The van der Waals surface area contributed by atoms with E-state index in [9.17, 15) is 9.59 Å². The molecule has 7 atom stereocenters. The largest absolute Gasteiger partial charge is 0.466 e. The van der Waals surface area contributed by atoms with E-state index < -0.39 is 0 Å². The fourth-order valence-electron chi connectivity index (χ4n) is 8.10. The summed E-state index contributed by atoms with van der Waals surface area (Å²) in [6.07, 6.45) is 12.6. The number of allylic oxidation sites excluding steroid dienone is 1. The smallest absolute Gasteiger partial charge is 0.302 e. The van der Waals surface area contributed by atoms with Crippen molar-refractivity contribution >= 4 is 11.8 Å². The van der Waals surface area contributed by atoms with Crippen LogP contribution < -0.4 is 0 Å². The number of fused-ring (bicyclic) bond motifs is 5. The van der Waals surface area contributed by atoms with Crippen LogP contribution >= 0.6 is 0 Å². The molecule has 4 rings (SSSR count). The molecule has 0 bridgehead atoms. The van der Waals surface area contributed by atoms with Gasteiger partial charge in [-0.1, -0.05) is 26.3 Å². The van der Waals surface area contributed by atoms with Crippen molar-refractivity contribution in [3.05, 3.63) is 11.6 Å².